The third kappa shape index (κ3) is 2.74. The van der Waals surface area contributed by atoms with Crippen molar-refractivity contribution in [2.24, 2.45) is 7.05 Å². The van der Waals surface area contributed by atoms with Gasteiger partial charge in [-0.05, 0) is 37.1 Å². The number of hydrogen-bond acceptors (Lipinski definition) is 4. The molecular formula is C19H19ClN2O3. The summed E-state index contributed by atoms with van der Waals surface area (Å²) < 4.78 is 12.5. The highest BCUT2D eigenvalue weighted by Gasteiger charge is 2.19. The van der Waals surface area contributed by atoms with Gasteiger partial charge in [-0.2, -0.15) is 0 Å². The van der Waals surface area contributed by atoms with Gasteiger partial charge in [-0.3, -0.25) is 4.79 Å². The molecule has 25 heavy (non-hydrogen) atoms. The van der Waals surface area contributed by atoms with Gasteiger partial charge in [0, 0.05) is 35.8 Å². The van der Waals surface area contributed by atoms with Crippen molar-refractivity contribution in [3.8, 4) is 22.6 Å². The minimum absolute atomic E-state index is 0.115. The average molecular weight is 359 g/mol. The minimum atomic E-state index is -0.115. The first-order valence-electron chi connectivity index (χ1n) is 7.76. The van der Waals surface area contributed by atoms with Crippen molar-refractivity contribution in [2.45, 2.75) is 13.8 Å². The zero-order valence-corrected chi connectivity index (χ0v) is 15.6. The summed E-state index contributed by atoms with van der Waals surface area (Å²) in [4.78, 5) is 17.1. The quantitative estimate of drug-likeness (QED) is 0.666. The maximum absolute atomic E-state index is 13.0. The number of halogens is 1. The van der Waals surface area contributed by atoms with Crippen LogP contribution in [0.1, 0.15) is 11.1 Å². The van der Waals surface area contributed by atoms with E-state index in [1.54, 1.807) is 38.1 Å². The molecule has 0 radical (unpaired) electrons. The van der Waals surface area contributed by atoms with Gasteiger partial charge in [-0.25, -0.2) is 4.98 Å². The number of aromatic nitrogens is 2. The molecule has 3 aromatic rings. The Bertz CT molecular complexity index is 1010. The van der Waals surface area contributed by atoms with E-state index in [0.717, 1.165) is 27.6 Å². The van der Waals surface area contributed by atoms with Gasteiger partial charge in [0.2, 0.25) is 0 Å². The minimum Gasteiger partial charge on any atom is -0.496 e. The lowest BCUT2D eigenvalue weighted by Gasteiger charge is -2.18. The topological polar surface area (TPSA) is 53.4 Å². The van der Waals surface area contributed by atoms with Crippen LogP contribution in [0.5, 0.6) is 11.5 Å². The summed E-state index contributed by atoms with van der Waals surface area (Å²) in [5.74, 6) is 1.35. The molecule has 0 unspecified atom stereocenters. The van der Waals surface area contributed by atoms with E-state index in [-0.39, 0.29) is 5.56 Å². The molecule has 0 aliphatic carbocycles. The fourth-order valence-corrected chi connectivity index (χ4v) is 3.36. The first kappa shape index (κ1) is 17.3. The number of nitrogens with zero attached hydrogens (tertiary/aromatic N) is 2. The number of aryl methyl sites for hydroxylation is 1. The van der Waals surface area contributed by atoms with Gasteiger partial charge in [0.15, 0.2) is 0 Å². The second kappa shape index (κ2) is 6.41. The summed E-state index contributed by atoms with van der Waals surface area (Å²) in [6.45, 7) is 3.87. The fraction of sp³-hybridized carbons (Fsp3) is 0.263. The molecule has 0 aliphatic rings. The first-order valence-corrected chi connectivity index (χ1v) is 8.14. The standard InChI is InChI=1S/C19H19ClN2O3/c1-10-15(24-4)8-16(25-5)11(2)18(10)13-6-12-9-21-17(20)7-14(12)22(3)19(13)23/h6-9H,1-5H3. The molecule has 0 aliphatic heterocycles. The molecule has 0 spiro atoms. The molecule has 1 aromatic carbocycles. The van der Waals surface area contributed by atoms with Gasteiger partial charge in [-0.15, -0.1) is 0 Å². The molecule has 130 valence electrons. The first-order chi connectivity index (χ1) is 11.9. The van der Waals surface area contributed by atoms with Crippen LogP contribution in [-0.2, 0) is 7.05 Å². The highest BCUT2D eigenvalue weighted by molar-refractivity contribution is 6.30. The van der Waals surface area contributed by atoms with Gasteiger partial charge in [-0.1, -0.05) is 11.6 Å². The Morgan fingerprint density at radius 3 is 2.20 bits per heavy atom. The highest BCUT2D eigenvalue weighted by Crippen LogP contribution is 2.38. The van der Waals surface area contributed by atoms with Crippen molar-refractivity contribution in [1.82, 2.24) is 9.55 Å². The van der Waals surface area contributed by atoms with Crippen LogP contribution in [0, 0.1) is 13.8 Å². The van der Waals surface area contributed by atoms with E-state index in [4.69, 9.17) is 21.1 Å². The van der Waals surface area contributed by atoms with Gasteiger partial charge >= 0.3 is 0 Å². The monoisotopic (exact) mass is 358 g/mol. The predicted octanol–water partition coefficient (Wildman–Crippen LogP) is 3.89. The van der Waals surface area contributed by atoms with Crippen LogP contribution in [0.25, 0.3) is 22.0 Å². The smallest absolute Gasteiger partial charge is 0.258 e. The Labute approximate surface area is 150 Å². The van der Waals surface area contributed by atoms with E-state index >= 15 is 0 Å². The van der Waals surface area contributed by atoms with Gasteiger partial charge < -0.3 is 14.0 Å². The van der Waals surface area contributed by atoms with Crippen molar-refractivity contribution in [3.05, 3.63) is 51.0 Å². The summed E-state index contributed by atoms with van der Waals surface area (Å²) in [5.41, 5.74) is 3.79. The van der Waals surface area contributed by atoms with Crippen molar-refractivity contribution >= 4 is 22.5 Å². The lowest BCUT2D eigenvalue weighted by Crippen LogP contribution is -2.20. The average Bonchev–Trinajstić information content (AvgIpc) is 2.60. The molecule has 3 rings (SSSR count). The number of ether oxygens (including phenoxy) is 2. The van der Waals surface area contributed by atoms with Crippen LogP contribution in [0.4, 0.5) is 0 Å². The summed E-state index contributed by atoms with van der Waals surface area (Å²) in [5, 5.41) is 1.19. The molecular weight excluding hydrogens is 340 g/mol. The molecule has 0 bridgehead atoms. The molecule has 0 atom stereocenters. The molecule has 0 fully saturated rings. The molecule has 0 saturated heterocycles. The van der Waals surface area contributed by atoms with E-state index in [1.807, 2.05) is 26.0 Å². The second-order valence-electron chi connectivity index (χ2n) is 5.89. The SMILES string of the molecule is COc1cc(OC)c(C)c(-c2cc3cnc(Cl)cc3n(C)c2=O)c1C. The van der Waals surface area contributed by atoms with Crippen LogP contribution in [0.15, 0.2) is 29.2 Å². The maximum atomic E-state index is 13.0. The van der Waals surface area contributed by atoms with E-state index < -0.39 is 0 Å². The summed E-state index contributed by atoms with van der Waals surface area (Å²) >= 11 is 5.97. The Morgan fingerprint density at radius 2 is 1.64 bits per heavy atom. The zero-order valence-electron chi connectivity index (χ0n) is 14.8. The maximum Gasteiger partial charge on any atom is 0.258 e. The summed E-state index contributed by atoms with van der Waals surface area (Å²) in [7, 11) is 4.93. The molecule has 6 heteroatoms. The normalized spacial score (nSPS) is 11.0. The molecule has 0 amide bonds. The van der Waals surface area contributed by atoms with E-state index in [1.165, 1.54) is 0 Å². The zero-order chi connectivity index (χ0) is 18.3. The van der Waals surface area contributed by atoms with Crippen LogP contribution in [0.2, 0.25) is 5.15 Å². The largest absolute Gasteiger partial charge is 0.496 e. The van der Waals surface area contributed by atoms with Crippen LogP contribution in [-0.4, -0.2) is 23.8 Å². The molecule has 2 aromatic heterocycles. The lowest BCUT2D eigenvalue weighted by molar-refractivity contribution is 0.391. The van der Waals surface area contributed by atoms with Crippen LogP contribution < -0.4 is 15.0 Å². The number of hydrogen-bond donors (Lipinski definition) is 0. The van der Waals surface area contributed by atoms with Crippen molar-refractivity contribution in [3.63, 3.8) is 0 Å². The molecule has 0 saturated carbocycles. The number of pyridine rings is 2. The Morgan fingerprint density at radius 1 is 1.04 bits per heavy atom. The molecule has 5 nitrogen and oxygen atoms in total. The number of methoxy groups -OCH3 is 2. The van der Waals surface area contributed by atoms with Crippen LogP contribution in [0.3, 0.4) is 0 Å². The van der Waals surface area contributed by atoms with E-state index in [2.05, 4.69) is 4.98 Å². The molecule has 2 heterocycles. The van der Waals surface area contributed by atoms with Crippen molar-refractivity contribution in [2.75, 3.05) is 14.2 Å². The summed E-state index contributed by atoms with van der Waals surface area (Å²) in [6.07, 6.45) is 1.67. The number of rotatable bonds is 3. The lowest BCUT2D eigenvalue weighted by atomic mass is 9.94. The van der Waals surface area contributed by atoms with E-state index in [0.29, 0.717) is 22.2 Å². The predicted molar refractivity (Wildman–Crippen MR) is 100 cm³/mol. The van der Waals surface area contributed by atoms with Gasteiger partial charge in [0.1, 0.15) is 16.7 Å². The second-order valence-corrected chi connectivity index (χ2v) is 6.28. The van der Waals surface area contributed by atoms with Crippen LogP contribution >= 0.6 is 11.6 Å². The van der Waals surface area contributed by atoms with Gasteiger partial charge in [0.25, 0.3) is 5.56 Å². The Kier molecular flexibility index (Phi) is 4.43. The highest BCUT2D eigenvalue weighted by atomic mass is 35.5. The van der Waals surface area contributed by atoms with Crippen molar-refractivity contribution < 1.29 is 9.47 Å². The Balaban J connectivity index is 2.43. The number of benzene rings is 1. The number of fused-ring (bicyclic) bond motifs is 1. The summed E-state index contributed by atoms with van der Waals surface area (Å²) in [6, 6.07) is 5.37. The Hall–Kier alpha value is -2.53. The third-order valence-electron chi connectivity index (χ3n) is 4.54. The van der Waals surface area contributed by atoms with Gasteiger partial charge in [0.05, 0.1) is 19.7 Å². The van der Waals surface area contributed by atoms with E-state index in [9.17, 15) is 4.79 Å². The third-order valence-corrected chi connectivity index (χ3v) is 4.74. The fourth-order valence-electron chi connectivity index (χ4n) is 3.21. The van der Waals surface area contributed by atoms with Crippen molar-refractivity contribution in [1.29, 1.82) is 0 Å². The molecule has 0 N–H and O–H groups in total.